The van der Waals surface area contributed by atoms with Crippen LogP contribution < -0.4 is 0 Å². The Balaban J connectivity index is 1.71. The molecule has 7 heteroatoms. The quantitative estimate of drug-likeness (QED) is 0.832. The number of sulfonamides is 1. The molecule has 130 valence electrons. The molecule has 0 radical (unpaired) electrons. The van der Waals surface area contributed by atoms with Crippen LogP contribution in [0.15, 0.2) is 35.5 Å². The zero-order valence-electron chi connectivity index (χ0n) is 14.2. The third-order valence-electron chi connectivity index (χ3n) is 4.75. The summed E-state index contributed by atoms with van der Waals surface area (Å²) in [5, 5.41) is 8.10. The molecule has 2 aromatic rings. The van der Waals surface area contributed by atoms with Crippen LogP contribution in [0, 0.1) is 0 Å². The van der Waals surface area contributed by atoms with Crippen molar-refractivity contribution in [1.29, 1.82) is 0 Å². The monoisotopic (exact) mass is 348 g/mol. The zero-order valence-corrected chi connectivity index (χ0v) is 15.0. The van der Waals surface area contributed by atoms with Gasteiger partial charge in [-0.25, -0.2) is 8.42 Å². The Morgan fingerprint density at radius 2 is 1.75 bits per heavy atom. The molecule has 1 aliphatic heterocycles. The van der Waals surface area contributed by atoms with Crippen molar-refractivity contribution in [1.82, 2.24) is 19.1 Å². The van der Waals surface area contributed by atoms with E-state index in [0.717, 1.165) is 37.1 Å². The Labute approximate surface area is 143 Å². The molecule has 1 saturated heterocycles. The molecule has 1 aromatic heterocycles. The molecule has 0 unspecified atom stereocenters. The molecule has 24 heavy (non-hydrogen) atoms. The molecule has 1 fully saturated rings. The predicted molar refractivity (Wildman–Crippen MR) is 92.2 cm³/mol. The van der Waals surface area contributed by atoms with Crippen molar-refractivity contribution < 1.29 is 8.42 Å². The van der Waals surface area contributed by atoms with Crippen LogP contribution in [0.3, 0.4) is 0 Å². The number of piperidine rings is 1. The van der Waals surface area contributed by atoms with Gasteiger partial charge in [-0.2, -0.15) is 4.31 Å². The van der Waals surface area contributed by atoms with Crippen molar-refractivity contribution in [2.75, 3.05) is 13.1 Å². The molecule has 0 atom stereocenters. The molecular formula is C17H24N4O2S. The molecule has 0 spiro atoms. The Bertz CT molecular complexity index is 775. The van der Waals surface area contributed by atoms with E-state index in [1.165, 1.54) is 0 Å². The second-order valence-electron chi connectivity index (χ2n) is 6.14. The standard InChI is InChI=1S/C17H24N4O2S/c1-3-14-5-7-16(8-6-14)24(22,23)20-11-9-15(10-12-20)21-13-18-19-17(21)4-2/h5-8,13,15H,3-4,9-12H2,1-2H3. The number of aromatic nitrogens is 3. The van der Waals surface area contributed by atoms with E-state index in [9.17, 15) is 8.42 Å². The minimum Gasteiger partial charge on any atom is -0.314 e. The summed E-state index contributed by atoms with van der Waals surface area (Å²) >= 11 is 0. The lowest BCUT2D eigenvalue weighted by Crippen LogP contribution is -2.39. The first-order valence-corrected chi connectivity index (χ1v) is 9.97. The van der Waals surface area contributed by atoms with Gasteiger partial charge in [-0.15, -0.1) is 10.2 Å². The van der Waals surface area contributed by atoms with Crippen molar-refractivity contribution in [3.63, 3.8) is 0 Å². The number of nitrogens with zero attached hydrogens (tertiary/aromatic N) is 4. The number of hydrogen-bond acceptors (Lipinski definition) is 4. The van der Waals surface area contributed by atoms with Crippen molar-refractivity contribution >= 4 is 10.0 Å². The summed E-state index contributed by atoms with van der Waals surface area (Å²) in [5.41, 5.74) is 1.15. The molecule has 1 aromatic carbocycles. The normalized spacial score (nSPS) is 17.2. The third kappa shape index (κ3) is 3.23. The molecule has 0 bridgehead atoms. The Kier molecular flexibility index (Phi) is 5.01. The largest absolute Gasteiger partial charge is 0.314 e. The van der Waals surface area contributed by atoms with Gasteiger partial charge in [0.2, 0.25) is 10.0 Å². The maximum atomic E-state index is 12.8. The van der Waals surface area contributed by atoms with Gasteiger partial charge in [0.25, 0.3) is 0 Å². The van der Waals surface area contributed by atoms with E-state index in [1.807, 2.05) is 12.1 Å². The third-order valence-corrected chi connectivity index (χ3v) is 6.66. The first-order chi connectivity index (χ1) is 11.6. The first kappa shape index (κ1) is 17.1. The van der Waals surface area contributed by atoms with Crippen LogP contribution in [0.1, 0.15) is 44.1 Å². The van der Waals surface area contributed by atoms with Crippen LogP contribution in [0.4, 0.5) is 0 Å². The van der Waals surface area contributed by atoms with Gasteiger partial charge in [-0.3, -0.25) is 0 Å². The molecule has 1 aliphatic rings. The maximum Gasteiger partial charge on any atom is 0.243 e. The second kappa shape index (κ2) is 7.03. The van der Waals surface area contributed by atoms with E-state index in [-0.39, 0.29) is 6.04 Å². The fourth-order valence-corrected chi connectivity index (χ4v) is 4.70. The summed E-state index contributed by atoms with van der Waals surface area (Å²) in [6, 6.07) is 7.50. The molecule has 2 heterocycles. The van der Waals surface area contributed by atoms with Crippen LogP contribution in [0.2, 0.25) is 0 Å². The van der Waals surface area contributed by atoms with E-state index in [1.54, 1.807) is 22.8 Å². The molecular weight excluding hydrogens is 324 g/mol. The fourth-order valence-electron chi connectivity index (χ4n) is 3.23. The molecule has 3 rings (SSSR count). The molecule has 0 amide bonds. The van der Waals surface area contributed by atoms with Crippen LogP contribution >= 0.6 is 0 Å². The summed E-state index contributed by atoms with van der Waals surface area (Å²) < 4.78 is 29.3. The van der Waals surface area contributed by atoms with Crippen molar-refractivity contribution in [2.24, 2.45) is 0 Å². The van der Waals surface area contributed by atoms with E-state index in [2.05, 4.69) is 28.6 Å². The van der Waals surface area contributed by atoms with Crippen LogP contribution in [-0.2, 0) is 22.9 Å². The Hall–Kier alpha value is -1.73. The minimum atomic E-state index is -3.40. The average molecular weight is 348 g/mol. The number of benzene rings is 1. The van der Waals surface area contributed by atoms with Gasteiger partial charge in [-0.1, -0.05) is 26.0 Å². The van der Waals surface area contributed by atoms with Gasteiger partial charge in [0.05, 0.1) is 4.90 Å². The lowest BCUT2D eigenvalue weighted by Gasteiger charge is -2.32. The van der Waals surface area contributed by atoms with Gasteiger partial charge in [-0.05, 0) is 37.0 Å². The summed E-state index contributed by atoms with van der Waals surface area (Å²) in [4.78, 5) is 0.386. The molecule has 6 nitrogen and oxygen atoms in total. The summed E-state index contributed by atoms with van der Waals surface area (Å²) in [7, 11) is -3.40. The Morgan fingerprint density at radius 3 is 2.33 bits per heavy atom. The highest BCUT2D eigenvalue weighted by Crippen LogP contribution is 2.27. The zero-order chi connectivity index (χ0) is 17.2. The van der Waals surface area contributed by atoms with E-state index in [4.69, 9.17) is 0 Å². The molecule has 0 N–H and O–H groups in total. The minimum absolute atomic E-state index is 0.281. The highest BCUT2D eigenvalue weighted by Gasteiger charge is 2.30. The van der Waals surface area contributed by atoms with Crippen LogP contribution in [-0.4, -0.2) is 40.6 Å². The van der Waals surface area contributed by atoms with Crippen molar-refractivity contribution in [3.8, 4) is 0 Å². The molecule has 0 saturated carbocycles. The summed E-state index contributed by atoms with van der Waals surface area (Å²) in [5.74, 6) is 0.964. The van der Waals surface area contributed by atoms with Crippen molar-refractivity contribution in [2.45, 2.75) is 50.5 Å². The van der Waals surface area contributed by atoms with E-state index in [0.29, 0.717) is 18.0 Å². The average Bonchev–Trinajstić information content (AvgIpc) is 3.10. The summed E-state index contributed by atoms with van der Waals surface area (Å²) in [6.07, 6.45) is 5.08. The summed E-state index contributed by atoms with van der Waals surface area (Å²) in [6.45, 7) is 5.18. The van der Waals surface area contributed by atoms with Gasteiger partial charge in [0.15, 0.2) is 0 Å². The van der Waals surface area contributed by atoms with E-state index < -0.39 is 10.0 Å². The highest BCUT2D eigenvalue weighted by molar-refractivity contribution is 7.89. The predicted octanol–water partition coefficient (Wildman–Crippen LogP) is 2.43. The van der Waals surface area contributed by atoms with Gasteiger partial charge < -0.3 is 4.57 Å². The van der Waals surface area contributed by atoms with Crippen LogP contribution in [0.25, 0.3) is 0 Å². The van der Waals surface area contributed by atoms with E-state index >= 15 is 0 Å². The van der Waals surface area contributed by atoms with Gasteiger partial charge in [0, 0.05) is 25.6 Å². The lowest BCUT2D eigenvalue weighted by atomic mass is 10.1. The number of rotatable bonds is 5. The van der Waals surface area contributed by atoms with Gasteiger partial charge in [0.1, 0.15) is 12.2 Å². The number of hydrogen-bond donors (Lipinski definition) is 0. The topological polar surface area (TPSA) is 68.1 Å². The Morgan fingerprint density at radius 1 is 1.08 bits per heavy atom. The smallest absolute Gasteiger partial charge is 0.243 e. The molecule has 0 aliphatic carbocycles. The highest BCUT2D eigenvalue weighted by atomic mass is 32.2. The second-order valence-corrected chi connectivity index (χ2v) is 8.08. The van der Waals surface area contributed by atoms with Gasteiger partial charge >= 0.3 is 0 Å². The maximum absolute atomic E-state index is 12.8. The number of aryl methyl sites for hydroxylation is 2. The van der Waals surface area contributed by atoms with Crippen molar-refractivity contribution in [3.05, 3.63) is 42.0 Å². The fraction of sp³-hybridized carbons (Fsp3) is 0.529. The van der Waals surface area contributed by atoms with Crippen LogP contribution in [0.5, 0.6) is 0 Å². The SMILES string of the molecule is CCc1ccc(S(=O)(=O)N2CCC(n3cnnc3CC)CC2)cc1. The lowest BCUT2D eigenvalue weighted by molar-refractivity contribution is 0.270. The first-order valence-electron chi connectivity index (χ1n) is 8.53.